The lowest BCUT2D eigenvalue weighted by atomic mass is 10.1. The van der Waals surface area contributed by atoms with Crippen molar-refractivity contribution in [3.63, 3.8) is 0 Å². The van der Waals surface area contributed by atoms with Crippen LogP contribution in [0.5, 0.6) is 5.75 Å². The summed E-state index contributed by atoms with van der Waals surface area (Å²) in [5.41, 5.74) is 1.87. The molecule has 1 aliphatic heterocycles. The van der Waals surface area contributed by atoms with Gasteiger partial charge in [0.1, 0.15) is 5.75 Å². The molecule has 0 saturated heterocycles. The molecule has 7 nitrogen and oxygen atoms in total. The van der Waals surface area contributed by atoms with Gasteiger partial charge in [-0.1, -0.05) is 48.2 Å². The zero-order chi connectivity index (χ0) is 21.9. The third-order valence-corrected chi connectivity index (χ3v) is 6.31. The molecule has 0 aliphatic carbocycles. The highest BCUT2D eigenvalue weighted by molar-refractivity contribution is 7.99. The van der Waals surface area contributed by atoms with Gasteiger partial charge in [0.2, 0.25) is 11.9 Å². The molecule has 0 radical (unpaired) electrons. The van der Waals surface area contributed by atoms with Crippen LogP contribution in [-0.2, 0) is 11.3 Å². The molecule has 0 saturated carbocycles. The summed E-state index contributed by atoms with van der Waals surface area (Å²) in [4.78, 5) is 14.7. The topological polar surface area (TPSA) is 72.3 Å². The van der Waals surface area contributed by atoms with Gasteiger partial charge in [0.25, 0.3) is 0 Å². The van der Waals surface area contributed by atoms with Gasteiger partial charge in [0.15, 0.2) is 5.16 Å². The first-order valence-electron chi connectivity index (χ1n) is 10.6. The van der Waals surface area contributed by atoms with E-state index in [2.05, 4.69) is 25.0 Å². The van der Waals surface area contributed by atoms with Gasteiger partial charge in [-0.15, -0.1) is 10.2 Å². The van der Waals surface area contributed by atoms with Crippen LogP contribution in [0.4, 0.5) is 17.3 Å². The van der Waals surface area contributed by atoms with Crippen LogP contribution >= 0.6 is 11.8 Å². The van der Waals surface area contributed by atoms with E-state index in [9.17, 15) is 4.79 Å². The van der Waals surface area contributed by atoms with Gasteiger partial charge in [-0.3, -0.25) is 9.36 Å². The monoisotopic (exact) mass is 445 g/mol. The van der Waals surface area contributed by atoms with Crippen LogP contribution in [0.15, 0.2) is 71.9 Å². The summed E-state index contributed by atoms with van der Waals surface area (Å²) in [6, 6.07) is 21.9. The lowest BCUT2D eigenvalue weighted by Gasteiger charge is -2.15. The number of anilines is 3. The number of benzene rings is 3. The highest BCUT2D eigenvalue weighted by atomic mass is 32.2. The number of nitrogens with one attached hydrogen (secondary N) is 1. The molecule has 4 aromatic rings. The van der Waals surface area contributed by atoms with E-state index in [0.717, 1.165) is 52.1 Å². The molecule has 32 heavy (non-hydrogen) atoms. The van der Waals surface area contributed by atoms with Gasteiger partial charge >= 0.3 is 0 Å². The number of carbonyl (C=O) groups is 1. The van der Waals surface area contributed by atoms with E-state index in [-0.39, 0.29) is 11.7 Å². The van der Waals surface area contributed by atoms with Gasteiger partial charge in [-0.25, -0.2) is 0 Å². The van der Waals surface area contributed by atoms with Crippen molar-refractivity contribution in [2.45, 2.75) is 18.6 Å². The second-order valence-corrected chi connectivity index (χ2v) is 8.32. The first kappa shape index (κ1) is 20.4. The molecular weight excluding hydrogens is 422 g/mol. The van der Waals surface area contributed by atoms with Crippen LogP contribution in [-0.4, -0.2) is 39.6 Å². The zero-order valence-corrected chi connectivity index (χ0v) is 18.5. The van der Waals surface area contributed by atoms with Crippen molar-refractivity contribution >= 4 is 45.8 Å². The summed E-state index contributed by atoms with van der Waals surface area (Å²) in [6.07, 6.45) is 0. The molecule has 0 bridgehead atoms. The van der Waals surface area contributed by atoms with Crippen LogP contribution < -0.4 is 15.0 Å². The predicted molar refractivity (Wildman–Crippen MR) is 128 cm³/mol. The average Bonchev–Trinajstić information content (AvgIpc) is 3.41. The zero-order valence-electron chi connectivity index (χ0n) is 17.7. The second kappa shape index (κ2) is 8.92. The summed E-state index contributed by atoms with van der Waals surface area (Å²) in [5, 5.41) is 14.6. The van der Waals surface area contributed by atoms with E-state index in [1.807, 2.05) is 73.7 Å². The maximum absolute atomic E-state index is 12.6. The Hall–Kier alpha value is -3.52. The average molecular weight is 446 g/mol. The third kappa shape index (κ3) is 4.01. The normalized spacial score (nSPS) is 12.7. The Bertz CT molecular complexity index is 1250. The minimum absolute atomic E-state index is 0.0648. The summed E-state index contributed by atoms with van der Waals surface area (Å²) < 4.78 is 7.59. The molecule has 0 fully saturated rings. The number of thioether (sulfide) groups is 1. The third-order valence-electron chi connectivity index (χ3n) is 5.34. The maximum atomic E-state index is 12.6. The first-order chi connectivity index (χ1) is 15.7. The van der Waals surface area contributed by atoms with Crippen LogP contribution in [0.1, 0.15) is 6.92 Å². The Balaban J connectivity index is 1.25. The van der Waals surface area contributed by atoms with E-state index in [1.165, 1.54) is 11.8 Å². The molecule has 0 unspecified atom stereocenters. The molecule has 3 aromatic carbocycles. The van der Waals surface area contributed by atoms with Crippen molar-refractivity contribution in [1.82, 2.24) is 14.8 Å². The minimum atomic E-state index is -0.0648. The van der Waals surface area contributed by atoms with Crippen molar-refractivity contribution in [2.24, 2.45) is 0 Å². The number of carbonyl (C=O) groups excluding carboxylic acids is 1. The molecule has 0 atom stereocenters. The summed E-state index contributed by atoms with van der Waals surface area (Å²) in [6.45, 7) is 4.21. The molecule has 1 N–H and O–H groups in total. The molecule has 8 heteroatoms. The lowest BCUT2D eigenvalue weighted by molar-refractivity contribution is -0.113. The SMILES string of the molecule is CCOc1ccc(N2CCn3c(SCC(=O)Nc4cccc5ccccc45)nnc32)cc1. The molecule has 1 aliphatic rings. The number of ether oxygens (including phenoxy) is 1. The molecular formula is C24H23N5O2S. The van der Waals surface area contributed by atoms with Crippen LogP contribution in [0, 0.1) is 0 Å². The molecule has 5 rings (SSSR count). The van der Waals surface area contributed by atoms with Crippen molar-refractivity contribution in [3.8, 4) is 5.75 Å². The number of hydrogen-bond donors (Lipinski definition) is 1. The highest BCUT2D eigenvalue weighted by Gasteiger charge is 2.26. The lowest BCUT2D eigenvalue weighted by Crippen LogP contribution is -2.15. The number of rotatable bonds is 7. The molecule has 1 amide bonds. The van der Waals surface area contributed by atoms with Crippen LogP contribution in [0.2, 0.25) is 0 Å². The number of fused-ring (bicyclic) bond motifs is 2. The van der Waals surface area contributed by atoms with Crippen molar-refractivity contribution < 1.29 is 9.53 Å². The number of hydrogen-bond acceptors (Lipinski definition) is 6. The minimum Gasteiger partial charge on any atom is -0.494 e. The van der Waals surface area contributed by atoms with Gasteiger partial charge < -0.3 is 15.0 Å². The molecule has 2 heterocycles. The number of aromatic nitrogens is 3. The summed E-state index contributed by atoms with van der Waals surface area (Å²) in [7, 11) is 0. The summed E-state index contributed by atoms with van der Waals surface area (Å²) in [5.74, 6) is 1.85. The van der Waals surface area contributed by atoms with Crippen molar-refractivity contribution in [2.75, 3.05) is 29.1 Å². The largest absolute Gasteiger partial charge is 0.494 e. The van der Waals surface area contributed by atoms with Crippen molar-refractivity contribution in [3.05, 3.63) is 66.7 Å². The Kier molecular flexibility index (Phi) is 5.68. The Morgan fingerprint density at radius 2 is 1.84 bits per heavy atom. The fraction of sp³-hybridized carbons (Fsp3) is 0.208. The quantitative estimate of drug-likeness (QED) is 0.415. The van der Waals surface area contributed by atoms with E-state index < -0.39 is 0 Å². The molecule has 0 spiro atoms. The van der Waals surface area contributed by atoms with Gasteiger partial charge in [0.05, 0.1) is 12.4 Å². The predicted octanol–water partition coefficient (Wildman–Crippen LogP) is 4.71. The second-order valence-electron chi connectivity index (χ2n) is 7.38. The first-order valence-corrected chi connectivity index (χ1v) is 11.6. The van der Waals surface area contributed by atoms with Crippen LogP contribution in [0.25, 0.3) is 10.8 Å². The number of amides is 1. The Morgan fingerprint density at radius 3 is 2.69 bits per heavy atom. The van der Waals surface area contributed by atoms with Crippen LogP contribution in [0.3, 0.4) is 0 Å². The molecule has 162 valence electrons. The van der Waals surface area contributed by atoms with Gasteiger partial charge in [-0.2, -0.15) is 0 Å². The number of nitrogens with zero attached hydrogens (tertiary/aromatic N) is 4. The van der Waals surface area contributed by atoms with Gasteiger partial charge in [0, 0.05) is 29.9 Å². The van der Waals surface area contributed by atoms with E-state index in [1.54, 1.807) is 0 Å². The van der Waals surface area contributed by atoms with Gasteiger partial charge in [-0.05, 0) is 42.6 Å². The Labute approximate surface area is 190 Å². The fourth-order valence-electron chi connectivity index (χ4n) is 3.87. The highest BCUT2D eigenvalue weighted by Crippen LogP contribution is 2.33. The van der Waals surface area contributed by atoms with E-state index in [4.69, 9.17) is 4.74 Å². The standard InChI is InChI=1S/C24H23N5O2S/c1-2-31-19-12-10-18(11-13-19)28-14-15-29-23(28)26-27-24(29)32-16-22(30)25-21-9-5-7-17-6-3-4-8-20(17)21/h3-13H,2,14-16H2,1H3,(H,25,30). The fourth-order valence-corrected chi connectivity index (χ4v) is 4.63. The Morgan fingerprint density at radius 1 is 1.03 bits per heavy atom. The summed E-state index contributed by atoms with van der Waals surface area (Å²) >= 11 is 1.40. The van der Waals surface area contributed by atoms with E-state index in [0.29, 0.717) is 6.61 Å². The smallest absolute Gasteiger partial charge is 0.234 e. The molecule has 1 aromatic heterocycles. The van der Waals surface area contributed by atoms with E-state index >= 15 is 0 Å². The van der Waals surface area contributed by atoms with Crippen molar-refractivity contribution in [1.29, 1.82) is 0 Å². The maximum Gasteiger partial charge on any atom is 0.234 e.